The topological polar surface area (TPSA) is 37.8 Å². The van der Waals surface area contributed by atoms with Crippen LogP contribution in [0, 0.1) is 11.3 Å². The molecule has 1 fully saturated rings. The molecule has 0 amide bonds. The normalized spacial score (nSPS) is 31.7. The molecule has 21 heavy (non-hydrogen) atoms. The van der Waals surface area contributed by atoms with Crippen LogP contribution in [0.15, 0.2) is 6.20 Å². The van der Waals surface area contributed by atoms with Crippen molar-refractivity contribution in [3.05, 3.63) is 23.3 Å². The van der Waals surface area contributed by atoms with Crippen molar-refractivity contribution in [1.82, 2.24) is 15.3 Å². The van der Waals surface area contributed by atoms with E-state index in [1.54, 1.807) is 0 Å². The summed E-state index contributed by atoms with van der Waals surface area (Å²) in [4.78, 5) is 9.76. The maximum atomic E-state index is 5.01. The van der Waals surface area contributed by atoms with Crippen molar-refractivity contribution in [2.24, 2.45) is 11.3 Å². The van der Waals surface area contributed by atoms with Gasteiger partial charge < -0.3 is 5.32 Å². The van der Waals surface area contributed by atoms with Crippen molar-refractivity contribution in [2.45, 2.75) is 71.3 Å². The van der Waals surface area contributed by atoms with Crippen molar-refractivity contribution in [3.63, 3.8) is 0 Å². The van der Waals surface area contributed by atoms with Gasteiger partial charge in [-0.15, -0.1) is 0 Å². The maximum Gasteiger partial charge on any atom is 0.131 e. The predicted octanol–water partition coefficient (Wildman–Crippen LogP) is 4.00. The van der Waals surface area contributed by atoms with Crippen LogP contribution in [0.5, 0.6) is 0 Å². The summed E-state index contributed by atoms with van der Waals surface area (Å²) in [6, 6.07) is 0.406. The summed E-state index contributed by atoms with van der Waals surface area (Å²) >= 11 is 0. The van der Waals surface area contributed by atoms with Gasteiger partial charge in [-0.05, 0) is 44.1 Å². The summed E-state index contributed by atoms with van der Waals surface area (Å²) in [5.41, 5.74) is 2.94. The van der Waals surface area contributed by atoms with E-state index in [9.17, 15) is 0 Å². The zero-order valence-electron chi connectivity index (χ0n) is 13.9. The lowest BCUT2D eigenvalue weighted by Crippen LogP contribution is -2.33. The predicted molar refractivity (Wildman–Crippen MR) is 86.3 cm³/mol. The first-order chi connectivity index (χ1) is 9.98. The third-order valence-electron chi connectivity index (χ3n) is 5.35. The van der Waals surface area contributed by atoms with Crippen molar-refractivity contribution < 1.29 is 0 Å². The molecule has 3 heteroatoms. The molecule has 3 atom stereocenters. The molecule has 0 saturated heterocycles. The van der Waals surface area contributed by atoms with E-state index in [0.717, 1.165) is 18.2 Å². The number of rotatable bonds is 2. The molecule has 1 N–H and O–H groups in total. The van der Waals surface area contributed by atoms with Crippen LogP contribution in [0.25, 0.3) is 0 Å². The Bertz CT molecular complexity index is 509. The molecule has 116 valence electrons. The number of aromatic nitrogens is 2. The summed E-state index contributed by atoms with van der Waals surface area (Å²) in [5, 5.41) is 3.44. The summed E-state index contributed by atoms with van der Waals surface area (Å²) in [6.07, 6.45) is 9.58. The lowest BCUT2D eigenvalue weighted by molar-refractivity contribution is 0.258. The average Bonchev–Trinajstić information content (AvgIpc) is 2.44. The molecule has 3 nitrogen and oxygen atoms in total. The Labute approximate surface area is 129 Å². The highest BCUT2D eigenvalue weighted by Crippen LogP contribution is 2.41. The molecule has 0 bridgehead atoms. The highest BCUT2D eigenvalue weighted by molar-refractivity contribution is 5.27. The van der Waals surface area contributed by atoms with Gasteiger partial charge in [-0.25, -0.2) is 9.97 Å². The van der Waals surface area contributed by atoms with Crippen LogP contribution >= 0.6 is 0 Å². The fourth-order valence-corrected chi connectivity index (χ4v) is 4.19. The van der Waals surface area contributed by atoms with Gasteiger partial charge in [-0.3, -0.25) is 0 Å². The first-order valence-electron chi connectivity index (χ1n) is 8.51. The molecule has 0 aliphatic heterocycles. The molecular weight excluding hydrogens is 258 g/mol. The highest BCUT2D eigenvalue weighted by Gasteiger charge is 2.33. The smallest absolute Gasteiger partial charge is 0.131 e. The Morgan fingerprint density at radius 2 is 2.10 bits per heavy atom. The third kappa shape index (κ3) is 3.13. The minimum Gasteiger partial charge on any atom is -0.313 e. The molecule has 1 aromatic rings. The Morgan fingerprint density at radius 1 is 1.29 bits per heavy atom. The number of hydrogen-bond acceptors (Lipinski definition) is 3. The van der Waals surface area contributed by atoms with Gasteiger partial charge in [0.05, 0.1) is 0 Å². The molecule has 2 aliphatic carbocycles. The van der Waals surface area contributed by atoms with E-state index in [-0.39, 0.29) is 0 Å². The second-order valence-electron chi connectivity index (χ2n) is 7.99. The monoisotopic (exact) mass is 287 g/mol. The lowest BCUT2D eigenvalue weighted by atomic mass is 9.74. The maximum absolute atomic E-state index is 5.01. The molecule has 1 heterocycles. The van der Waals surface area contributed by atoms with Gasteiger partial charge in [0.1, 0.15) is 5.82 Å². The van der Waals surface area contributed by atoms with E-state index in [0.29, 0.717) is 17.4 Å². The van der Waals surface area contributed by atoms with Gasteiger partial charge in [0.25, 0.3) is 0 Å². The van der Waals surface area contributed by atoms with E-state index in [1.165, 1.54) is 43.4 Å². The van der Waals surface area contributed by atoms with Gasteiger partial charge in [-0.1, -0.05) is 33.6 Å². The molecule has 2 aliphatic rings. The van der Waals surface area contributed by atoms with Crippen molar-refractivity contribution in [3.8, 4) is 0 Å². The molecule has 1 aromatic heterocycles. The van der Waals surface area contributed by atoms with E-state index in [1.807, 2.05) is 7.05 Å². The average molecular weight is 287 g/mol. The van der Waals surface area contributed by atoms with Crippen LogP contribution in [0.4, 0.5) is 0 Å². The number of fused-ring (bicyclic) bond motifs is 1. The van der Waals surface area contributed by atoms with E-state index in [4.69, 9.17) is 9.97 Å². The molecular formula is C18H29N3. The fraction of sp³-hybridized carbons (Fsp3) is 0.778. The van der Waals surface area contributed by atoms with Crippen molar-refractivity contribution >= 4 is 0 Å². The first-order valence-corrected chi connectivity index (χ1v) is 8.51. The first kappa shape index (κ1) is 15.0. The Balaban J connectivity index is 1.90. The van der Waals surface area contributed by atoms with Gasteiger partial charge in [0, 0.05) is 29.4 Å². The molecule has 3 unspecified atom stereocenters. The quantitative estimate of drug-likeness (QED) is 0.893. The molecule has 3 rings (SSSR count). The van der Waals surface area contributed by atoms with Gasteiger partial charge in [-0.2, -0.15) is 0 Å². The Hall–Kier alpha value is -0.960. The molecule has 0 radical (unpaired) electrons. The number of nitrogens with zero attached hydrogens (tertiary/aromatic N) is 2. The lowest BCUT2D eigenvalue weighted by Gasteiger charge is -2.36. The van der Waals surface area contributed by atoms with E-state index in [2.05, 4.69) is 32.3 Å². The number of hydrogen-bond donors (Lipinski definition) is 1. The van der Waals surface area contributed by atoms with Crippen LogP contribution in [0.3, 0.4) is 0 Å². The van der Waals surface area contributed by atoms with Crippen LogP contribution in [0.2, 0.25) is 0 Å². The zero-order chi connectivity index (χ0) is 15.0. The van der Waals surface area contributed by atoms with E-state index >= 15 is 0 Å². The van der Waals surface area contributed by atoms with E-state index < -0.39 is 0 Å². The van der Waals surface area contributed by atoms with Crippen molar-refractivity contribution in [2.75, 3.05) is 7.05 Å². The highest BCUT2D eigenvalue weighted by atomic mass is 14.9. The minimum absolute atomic E-state index is 0.326. The SMILES string of the molecule is CNC1CC(C)(C)Cc2nc(C3CCCC(C)C3)ncc21. The second-order valence-corrected chi connectivity index (χ2v) is 7.99. The van der Waals surface area contributed by atoms with Crippen molar-refractivity contribution in [1.29, 1.82) is 0 Å². The largest absolute Gasteiger partial charge is 0.313 e. The Morgan fingerprint density at radius 3 is 2.81 bits per heavy atom. The summed E-state index contributed by atoms with van der Waals surface area (Å²) < 4.78 is 0. The molecule has 1 saturated carbocycles. The zero-order valence-corrected chi connectivity index (χ0v) is 13.9. The standard InChI is InChI=1S/C18H29N3/c1-12-6-5-7-13(8-12)17-20-11-14-15(19-4)9-18(2,3)10-16(14)21-17/h11-13,15,19H,5-10H2,1-4H3. The third-order valence-corrected chi connectivity index (χ3v) is 5.35. The summed E-state index contributed by atoms with van der Waals surface area (Å²) in [6.45, 7) is 7.07. The Kier molecular flexibility index (Phi) is 4.04. The fourth-order valence-electron chi connectivity index (χ4n) is 4.19. The van der Waals surface area contributed by atoms with Gasteiger partial charge >= 0.3 is 0 Å². The summed E-state index contributed by atoms with van der Waals surface area (Å²) in [5.74, 6) is 2.51. The van der Waals surface area contributed by atoms with Crippen LogP contribution in [-0.4, -0.2) is 17.0 Å². The second kappa shape index (κ2) is 5.68. The summed E-state index contributed by atoms with van der Waals surface area (Å²) in [7, 11) is 2.05. The molecule has 0 spiro atoms. The minimum atomic E-state index is 0.326. The number of nitrogens with one attached hydrogen (secondary N) is 1. The van der Waals surface area contributed by atoms with Crippen LogP contribution < -0.4 is 5.32 Å². The van der Waals surface area contributed by atoms with Gasteiger partial charge in [0.2, 0.25) is 0 Å². The van der Waals surface area contributed by atoms with Gasteiger partial charge in [0.15, 0.2) is 0 Å². The van der Waals surface area contributed by atoms with Crippen LogP contribution in [0.1, 0.15) is 81.9 Å². The molecule has 0 aromatic carbocycles. The van der Waals surface area contributed by atoms with Crippen LogP contribution in [-0.2, 0) is 6.42 Å².